The maximum Gasteiger partial charge on any atom is 0.296 e. The summed E-state index contributed by atoms with van der Waals surface area (Å²) in [5.74, 6) is 0.462. The molecular formula is C13H15N3O3S. The molecule has 0 spiro atoms. The van der Waals surface area contributed by atoms with Crippen LogP contribution in [0.4, 0.5) is 11.4 Å². The first kappa shape index (κ1) is 14.3. The molecule has 20 heavy (non-hydrogen) atoms. The molecular weight excluding hydrogens is 278 g/mol. The molecule has 2 aromatic rings. The number of methoxy groups -OCH3 is 1. The second-order valence-corrected chi connectivity index (χ2v) is 5.19. The van der Waals surface area contributed by atoms with E-state index in [-0.39, 0.29) is 11.7 Å². The summed E-state index contributed by atoms with van der Waals surface area (Å²) in [5.41, 5.74) is 3.17. The van der Waals surface area contributed by atoms with Crippen molar-refractivity contribution in [3.63, 3.8) is 0 Å². The lowest BCUT2D eigenvalue weighted by molar-refractivity contribution is -0.384. The Balaban J connectivity index is 2.29. The van der Waals surface area contributed by atoms with E-state index in [1.807, 2.05) is 13.8 Å². The highest BCUT2D eigenvalue weighted by Gasteiger charge is 2.18. The highest BCUT2D eigenvalue weighted by atomic mass is 32.1. The fraction of sp³-hybridized carbons (Fsp3) is 0.308. The third kappa shape index (κ3) is 2.88. The normalized spacial score (nSPS) is 11.9. The number of aromatic nitrogens is 1. The first-order valence-electron chi connectivity index (χ1n) is 6.02. The van der Waals surface area contributed by atoms with Gasteiger partial charge in [0.15, 0.2) is 0 Å². The van der Waals surface area contributed by atoms with Crippen molar-refractivity contribution >= 4 is 22.7 Å². The van der Waals surface area contributed by atoms with Crippen molar-refractivity contribution in [3.8, 4) is 5.75 Å². The lowest BCUT2D eigenvalue weighted by Crippen LogP contribution is -2.08. The molecule has 0 radical (unpaired) electrons. The Morgan fingerprint density at radius 2 is 2.25 bits per heavy atom. The van der Waals surface area contributed by atoms with Crippen LogP contribution < -0.4 is 10.1 Å². The highest BCUT2D eigenvalue weighted by Crippen LogP contribution is 2.33. The van der Waals surface area contributed by atoms with Crippen molar-refractivity contribution in [1.82, 2.24) is 4.98 Å². The summed E-state index contributed by atoms with van der Waals surface area (Å²) in [6.45, 7) is 3.88. The molecule has 0 aliphatic carbocycles. The first-order valence-corrected chi connectivity index (χ1v) is 6.90. The van der Waals surface area contributed by atoms with Gasteiger partial charge >= 0.3 is 0 Å². The standard InChI is InChI=1S/C13H15N3O3S/c1-8-13(20-7-14-8)9(2)15-11-5-4-10(19-3)6-12(11)16(17)18/h4-7,9,15H,1-3H3. The van der Waals surface area contributed by atoms with Crippen molar-refractivity contribution in [2.45, 2.75) is 19.9 Å². The number of benzene rings is 1. The minimum absolute atomic E-state index is 0.00151. The number of rotatable bonds is 5. The molecule has 1 aromatic heterocycles. The zero-order valence-electron chi connectivity index (χ0n) is 11.4. The Morgan fingerprint density at radius 1 is 1.50 bits per heavy atom. The van der Waals surface area contributed by atoms with Gasteiger partial charge in [0.05, 0.1) is 35.3 Å². The number of nitro benzene ring substituents is 1. The number of aryl methyl sites for hydroxylation is 1. The molecule has 0 amide bonds. The van der Waals surface area contributed by atoms with Crippen molar-refractivity contribution in [2.24, 2.45) is 0 Å². The number of anilines is 1. The molecule has 0 bridgehead atoms. The maximum atomic E-state index is 11.1. The molecule has 1 unspecified atom stereocenters. The smallest absolute Gasteiger partial charge is 0.296 e. The number of nitrogens with zero attached hydrogens (tertiary/aromatic N) is 2. The number of thiazole rings is 1. The Labute approximate surface area is 120 Å². The van der Waals surface area contributed by atoms with Gasteiger partial charge in [-0.2, -0.15) is 0 Å². The number of ether oxygens (including phenoxy) is 1. The Hall–Kier alpha value is -2.15. The SMILES string of the molecule is COc1ccc(NC(C)c2scnc2C)c([N+](=O)[O-])c1. The van der Waals surface area contributed by atoms with E-state index in [9.17, 15) is 10.1 Å². The van der Waals surface area contributed by atoms with Crippen LogP contribution in [0.2, 0.25) is 0 Å². The lowest BCUT2D eigenvalue weighted by Gasteiger charge is -2.15. The van der Waals surface area contributed by atoms with Crippen LogP contribution in [-0.4, -0.2) is 17.0 Å². The van der Waals surface area contributed by atoms with E-state index in [4.69, 9.17) is 4.74 Å². The van der Waals surface area contributed by atoms with Gasteiger partial charge in [-0.1, -0.05) is 0 Å². The summed E-state index contributed by atoms with van der Waals surface area (Å²) in [5, 5.41) is 14.3. The molecule has 1 heterocycles. The Kier molecular flexibility index (Phi) is 4.19. The fourth-order valence-corrected chi connectivity index (χ4v) is 2.75. The summed E-state index contributed by atoms with van der Waals surface area (Å²) < 4.78 is 5.02. The number of nitro groups is 1. The van der Waals surface area contributed by atoms with Crippen LogP contribution in [0.15, 0.2) is 23.7 Å². The van der Waals surface area contributed by atoms with E-state index in [0.717, 1.165) is 10.6 Å². The summed E-state index contributed by atoms with van der Waals surface area (Å²) in [7, 11) is 1.48. The van der Waals surface area contributed by atoms with Crippen LogP contribution in [-0.2, 0) is 0 Å². The summed E-state index contributed by atoms with van der Waals surface area (Å²) in [4.78, 5) is 16.0. The van der Waals surface area contributed by atoms with Gasteiger partial charge in [0.25, 0.3) is 5.69 Å². The zero-order valence-corrected chi connectivity index (χ0v) is 12.2. The van der Waals surface area contributed by atoms with Gasteiger partial charge in [0.1, 0.15) is 11.4 Å². The number of hydrogen-bond donors (Lipinski definition) is 1. The molecule has 106 valence electrons. The zero-order chi connectivity index (χ0) is 14.7. The second kappa shape index (κ2) is 5.87. The molecule has 7 heteroatoms. The molecule has 0 saturated carbocycles. The largest absolute Gasteiger partial charge is 0.496 e. The number of hydrogen-bond acceptors (Lipinski definition) is 6. The second-order valence-electron chi connectivity index (χ2n) is 4.31. The van der Waals surface area contributed by atoms with Crippen molar-refractivity contribution in [3.05, 3.63) is 44.4 Å². The van der Waals surface area contributed by atoms with Gasteiger partial charge in [-0.3, -0.25) is 10.1 Å². The maximum absolute atomic E-state index is 11.1. The van der Waals surface area contributed by atoms with E-state index >= 15 is 0 Å². The minimum Gasteiger partial charge on any atom is -0.496 e. The summed E-state index contributed by atoms with van der Waals surface area (Å²) in [6.07, 6.45) is 0. The minimum atomic E-state index is -0.420. The first-order chi connectivity index (χ1) is 9.52. The van der Waals surface area contributed by atoms with Crippen molar-refractivity contribution in [2.75, 3.05) is 12.4 Å². The Bertz CT molecular complexity index is 627. The average Bonchev–Trinajstić information content (AvgIpc) is 2.85. The third-order valence-corrected chi connectivity index (χ3v) is 4.06. The molecule has 1 N–H and O–H groups in total. The van der Waals surface area contributed by atoms with E-state index in [1.165, 1.54) is 24.5 Å². The molecule has 6 nitrogen and oxygen atoms in total. The molecule has 0 aliphatic rings. The van der Waals surface area contributed by atoms with Gasteiger partial charge < -0.3 is 10.1 Å². The molecule has 1 aromatic carbocycles. The van der Waals surface area contributed by atoms with Crippen LogP contribution in [0.1, 0.15) is 23.5 Å². The quantitative estimate of drug-likeness (QED) is 0.674. The van der Waals surface area contributed by atoms with Gasteiger partial charge in [-0.15, -0.1) is 11.3 Å². The van der Waals surface area contributed by atoms with Crippen LogP contribution in [0.3, 0.4) is 0 Å². The summed E-state index contributed by atoms with van der Waals surface area (Å²) in [6, 6.07) is 4.72. The van der Waals surface area contributed by atoms with Gasteiger partial charge in [0, 0.05) is 4.88 Å². The fourth-order valence-electron chi connectivity index (χ4n) is 1.94. The van der Waals surface area contributed by atoms with E-state index in [0.29, 0.717) is 11.4 Å². The molecule has 0 aliphatic heterocycles. The topological polar surface area (TPSA) is 77.3 Å². The Morgan fingerprint density at radius 3 is 2.80 bits per heavy atom. The van der Waals surface area contributed by atoms with Crippen LogP contribution in [0, 0.1) is 17.0 Å². The molecule has 2 rings (SSSR count). The van der Waals surface area contributed by atoms with Crippen LogP contribution in [0.25, 0.3) is 0 Å². The van der Waals surface area contributed by atoms with Crippen molar-refractivity contribution < 1.29 is 9.66 Å². The summed E-state index contributed by atoms with van der Waals surface area (Å²) >= 11 is 1.53. The third-order valence-electron chi connectivity index (χ3n) is 2.95. The van der Waals surface area contributed by atoms with E-state index in [1.54, 1.807) is 17.6 Å². The molecule has 0 saturated heterocycles. The van der Waals surface area contributed by atoms with Crippen LogP contribution in [0.5, 0.6) is 5.75 Å². The van der Waals surface area contributed by atoms with E-state index < -0.39 is 4.92 Å². The van der Waals surface area contributed by atoms with Gasteiger partial charge in [-0.25, -0.2) is 4.98 Å². The highest BCUT2D eigenvalue weighted by molar-refractivity contribution is 7.09. The average molecular weight is 293 g/mol. The van der Waals surface area contributed by atoms with Crippen LogP contribution >= 0.6 is 11.3 Å². The molecule has 0 fully saturated rings. The predicted octanol–water partition coefficient (Wildman–Crippen LogP) is 3.54. The van der Waals surface area contributed by atoms with Gasteiger partial charge in [0.2, 0.25) is 0 Å². The van der Waals surface area contributed by atoms with Gasteiger partial charge in [-0.05, 0) is 26.0 Å². The lowest BCUT2D eigenvalue weighted by atomic mass is 10.2. The molecule has 1 atom stereocenters. The van der Waals surface area contributed by atoms with Crippen molar-refractivity contribution in [1.29, 1.82) is 0 Å². The van der Waals surface area contributed by atoms with E-state index in [2.05, 4.69) is 10.3 Å². The predicted molar refractivity (Wildman–Crippen MR) is 78.5 cm³/mol. The monoisotopic (exact) mass is 293 g/mol. The number of nitrogens with one attached hydrogen (secondary N) is 1.